The van der Waals surface area contributed by atoms with E-state index in [-0.39, 0.29) is 6.61 Å². The van der Waals surface area contributed by atoms with Gasteiger partial charge in [0.2, 0.25) is 5.91 Å². The Hall–Kier alpha value is -0.570. The minimum absolute atomic E-state index is 0.192. The summed E-state index contributed by atoms with van der Waals surface area (Å²) in [5, 5.41) is 8.46. The van der Waals surface area contributed by atoms with Crippen LogP contribution in [0.15, 0.2) is 0 Å². The van der Waals surface area contributed by atoms with E-state index in [0.29, 0.717) is 0 Å². The zero-order chi connectivity index (χ0) is 11.2. The second kappa shape index (κ2) is 6.02. The van der Waals surface area contributed by atoms with Gasteiger partial charge in [0.15, 0.2) is 0 Å². The Labute approximate surface area is 86.7 Å². The molecule has 3 heteroatoms. The molecule has 1 aliphatic carbocycles. The maximum absolute atomic E-state index is 10.3. The van der Waals surface area contributed by atoms with Crippen LogP contribution in [-0.4, -0.2) is 17.6 Å². The first-order valence-electron chi connectivity index (χ1n) is 5.31. The monoisotopic (exact) mass is 201 g/mol. The highest BCUT2D eigenvalue weighted by molar-refractivity contribution is 5.79. The van der Waals surface area contributed by atoms with Gasteiger partial charge in [0, 0.05) is 0 Å². The molecule has 0 spiro atoms. The van der Waals surface area contributed by atoms with Gasteiger partial charge >= 0.3 is 0 Å². The summed E-state index contributed by atoms with van der Waals surface area (Å²) in [6.07, 6.45) is 5.95. The maximum atomic E-state index is 10.3. The molecular weight excluding hydrogens is 178 g/mol. The van der Waals surface area contributed by atoms with Gasteiger partial charge in [-0.25, -0.2) is 0 Å². The molecule has 14 heavy (non-hydrogen) atoms. The Balaban J connectivity index is 0.000000249. The summed E-state index contributed by atoms with van der Waals surface area (Å²) in [4.78, 5) is 10.3. The molecule has 3 nitrogen and oxygen atoms in total. The molecule has 1 aliphatic rings. The van der Waals surface area contributed by atoms with Crippen molar-refractivity contribution < 1.29 is 9.90 Å². The van der Waals surface area contributed by atoms with Gasteiger partial charge in [0.05, 0.1) is 12.0 Å². The largest absolute Gasteiger partial charge is 0.395 e. The van der Waals surface area contributed by atoms with Crippen molar-refractivity contribution in [2.45, 2.75) is 46.5 Å². The SMILES string of the molecule is CC(C)(CO)C(N)=O.CC1CCCC1. The first kappa shape index (κ1) is 13.4. The van der Waals surface area contributed by atoms with Gasteiger partial charge < -0.3 is 10.8 Å². The second-order valence-electron chi connectivity index (χ2n) is 4.80. The molecule has 1 rings (SSSR count). The molecule has 1 amide bonds. The minimum atomic E-state index is -0.764. The Kier molecular flexibility index (Phi) is 5.77. The average Bonchev–Trinajstić information content (AvgIpc) is 2.57. The van der Waals surface area contributed by atoms with Crippen molar-refractivity contribution >= 4 is 5.91 Å². The number of primary amides is 1. The summed E-state index contributed by atoms with van der Waals surface area (Å²) in [7, 11) is 0. The third-order valence-corrected chi connectivity index (χ3v) is 2.71. The fourth-order valence-electron chi connectivity index (χ4n) is 1.21. The van der Waals surface area contributed by atoms with Crippen LogP contribution in [0.25, 0.3) is 0 Å². The standard InChI is InChI=1S/C6H12.C5H11NO2/c1-6-4-2-3-5-6;1-5(2,3-7)4(6)8/h6H,2-5H2,1H3;7H,3H2,1-2H3,(H2,6,8). The van der Waals surface area contributed by atoms with E-state index in [1.807, 2.05) is 0 Å². The summed E-state index contributed by atoms with van der Waals surface area (Å²) < 4.78 is 0. The van der Waals surface area contributed by atoms with E-state index in [1.165, 1.54) is 25.7 Å². The highest BCUT2D eigenvalue weighted by Gasteiger charge is 2.22. The molecule has 0 saturated heterocycles. The summed E-state index contributed by atoms with van der Waals surface area (Å²) in [6.45, 7) is 5.33. The molecule has 0 atom stereocenters. The molecule has 0 aromatic heterocycles. The van der Waals surface area contributed by atoms with Crippen molar-refractivity contribution in [2.24, 2.45) is 17.1 Å². The number of rotatable bonds is 2. The zero-order valence-corrected chi connectivity index (χ0v) is 9.55. The molecule has 0 aliphatic heterocycles. The lowest BCUT2D eigenvalue weighted by atomic mass is 9.94. The van der Waals surface area contributed by atoms with E-state index >= 15 is 0 Å². The number of amides is 1. The van der Waals surface area contributed by atoms with Gasteiger partial charge in [-0.1, -0.05) is 32.6 Å². The normalized spacial score (nSPS) is 17.4. The number of carbonyl (C=O) groups is 1. The molecule has 0 radical (unpaired) electrons. The van der Waals surface area contributed by atoms with E-state index in [9.17, 15) is 4.79 Å². The molecule has 0 heterocycles. The fraction of sp³-hybridized carbons (Fsp3) is 0.909. The van der Waals surface area contributed by atoms with Gasteiger partial charge in [-0.05, 0) is 19.8 Å². The topological polar surface area (TPSA) is 63.3 Å². The van der Waals surface area contributed by atoms with E-state index in [0.717, 1.165) is 5.92 Å². The molecule has 1 fully saturated rings. The number of aliphatic hydroxyl groups is 1. The molecule has 3 N–H and O–H groups in total. The van der Waals surface area contributed by atoms with Crippen LogP contribution in [-0.2, 0) is 4.79 Å². The quantitative estimate of drug-likeness (QED) is 0.714. The summed E-state index contributed by atoms with van der Waals surface area (Å²) in [6, 6.07) is 0. The smallest absolute Gasteiger partial charge is 0.225 e. The van der Waals surface area contributed by atoms with E-state index < -0.39 is 11.3 Å². The summed E-state index contributed by atoms with van der Waals surface area (Å²) >= 11 is 0. The van der Waals surface area contributed by atoms with Crippen LogP contribution in [0, 0.1) is 11.3 Å². The molecule has 0 aromatic carbocycles. The van der Waals surface area contributed by atoms with E-state index in [4.69, 9.17) is 10.8 Å². The first-order chi connectivity index (χ1) is 6.40. The molecule has 0 bridgehead atoms. The van der Waals surface area contributed by atoms with Crippen LogP contribution in [0.4, 0.5) is 0 Å². The minimum Gasteiger partial charge on any atom is -0.395 e. The number of hydrogen-bond acceptors (Lipinski definition) is 2. The number of nitrogens with two attached hydrogens (primary N) is 1. The third kappa shape index (κ3) is 5.22. The van der Waals surface area contributed by atoms with Gasteiger partial charge in [-0.15, -0.1) is 0 Å². The Morgan fingerprint density at radius 2 is 1.86 bits per heavy atom. The summed E-state index contributed by atoms with van der Waals surface area (Å²) in [5.41, 5.74) is 4.12. The van der Waals surface area contributed by atoms with Gasteiger partial charge in [-0.2, -0.15) is 0 Å². The van der Waals surface area contributed by atoms with Gasteiger partial charge in [0.1, 0.15) is 0 Å². The zero-order valence-electron chi connectivity index (χ0n) is 9.55. The lowest BCUT2D eigenvalue weighted by Gasteiger charge is -2.15. The van der Waals surface area contributed by atoms with Crippen LogP contribution >= 0.6 is 0 Å². The van der Waals surface area contributed by atoms with Crippen LogP contribution in [0.2, 0.25) is 0 Å². The second-order valence-corrected chi connectivity index (χ2v) is 4.80. The number of hydrogen-bond donors (Lipinski definition) is 2. The first-order valence-corrected chi connectivity index (χ1v) is 5.31. The van der Waals surface area contributed by atoms with Crippen LogP contribution in [0.3, 0.4) is 0 Å². The van der Waals surface area contributed by atoms with Crippen molar-refractivity contribution in [3.05, 3.63) is 0 Å². The highest BCUT2D eigenvalue weighted by Crippen LogP contribution is 2.22. The van der Waals surface area contributed by atoms with Crippen LogP contribution in [0.5, 0.6) is 0 Å². The Morgan fingerprint density at radius 1 is 1.43 bits per heavy atom. The maximum Gasteiger partial charge on any atom is 0.225 e. The Morgan fingerprint density at radius 3 is 1.93 bits per heavy atom. The van der Waals surface area contributed by atoms with Crippen molar-refractivity contribution in [3.8, 4) is 0 Å². The fourth-order valence-corrected chi connectivity index (χ4v) is 1.21. The number of carbonyl (C=O) groups excluding carboxylic acids is 1. The van der Waals surface area contributed by atoms with Crippen molar-refractivity contribution in [1.82, 2.24) is 0 Å². The lowest BCUT2D eigenvalue weighted by molar-refractivity contribution is -0.127. The molecule has 0 aromatic rings. The predicted octanol–water partition coefficient (Wildman–Crippen LogP) is 1.69. The predicted molar refractivity (Wildman–Crippen MR) is 57.7 cm³/mol. The third-order valence-electron chi connectivity index (χ3n) is 2.71. The van der Waals surface area contributed by atoms with Gasteiger partial charge in [0.25, 0.3) is 0 Å². The van der Waals surface area contributed by atoms with Crippen LogP contribution in [0.1, 0.15) is 46.5 Å². The Bertz CT molecular complexity index is 172. The molecule has 1 saturated carbocycles. The summed E-state index contributed by atoms with van der Waals surface area (Å²) in [5.74, 6) is 0.574. The molecular formula is C11H23NO2. The van der Waals surface area contributed by atoms with Gasteiger partial charge in [-0.3, -0.25) is 4.79 Å². The number of aliphatic hydroxyl groups excluding tert-OH is 1. The molecule has 84 valence electrons. The van der Waals surface area contributed by atoms with Crippen molar-refractivity contribution in [3.63, 3.8) is 0 Å². The van der Waals surface area contributed by atoms with Crippen LogP contribution < -0.4 is 5.73 Å². The van der Waals surface area contributed by atoms with Crippen molar-refractivity contribution in [1.29, 1.82) is 0 Å². The molecule has 0 unspecified atom stereocenters. The van der Waals surface area contributed by atoms with Crippen molar-refractivity contribution in [2.75, 3.05) is 6.61 Å². The van der Waals surface area contributed by atoms with E-state index in [1.54, 1.807) is 13.8 Å². The average molecular weight is 201 g/mol. The van der Waals surface area contributed by atoms with E-state index in [2.05, 4.69) is 6.92 Å². The lowest BCUT2D eigenvalue weighted by Crippen LogP contribution is -2.34. The highest BCUT2D eigenvalue weighted by atomic mass is 16.3.